The Labute approximate surface area is 103 Å². The SMILES string of the molecule is CC(C)(C)NC(OCC(=O)C(C)(C)C)C(=O)O. The largest absolute Gasteiger partial charge is 0.478 e. The second-order valence-electron chi connectivity index (χ2n) is 6.10. The van der Waals surface area contributed by atoms with Crippen molar-refractivity contribution in [2.75, 3.05) is 6.61 Å². The second-order valence-corrected chi connectivity index (χ2v) is 6.10. The number of nitrogens with one attached hydrogen (secondary N) is 1. The van der Waals surface area contributed by atoms with E-state index in [9.17, 15) is 9.59 Å². The van der Waals surface area contributed by atoms with Gasteiger partial charge in [0, 0.05) is 11.0 Å². The molecule has 2 N–H and O–H groups in total. The first kappa shape index (κ1) is 16.1. The summed E-state index contributed by atoms with van der Waals surface area (Å²) in [5.41, 5.74) is -0.918. The maximum absolute atomic E-state index is 11.6. The highest BCUT2D eigenvalue weighted by Crippen LogP contribution is 2.15. The van der Waals surface area contributed by atoms with Gasteiger partial charge in [-0.25, -0.2) is 4.79 Å². The molecule has 0 aromatic carbocycles. The maximum atomic E-state index is 11.6. The highest BCUT2D eigenvalue weighted by Gasteiger charge is 2.27. The predicted octanol–water partition coefficient (Wildman–Crippen LogP) is 1.42. The lowest BCUT2D eigenvalue weighted by molar-refractivity contribution is -0.157. The summed E-state index contributed by atoms with van der Waals surface area (Å²) in [6.45, 7) is 10.6. The summed E-state index contributed by atoms with van der Waals surface area (Å²) in [5.74, 6) is -1.25. The molecule has 0 amide bonds. The zero-order valence-electron chi connectivity index (χ0n) is 11.5. The second kappa shape index (κ2) is 5.60. The number of ketones is 1. The number of carbonyl (C=O) groups is 2. The van der Waals surface area contributed by atoms with Crippen LogP contribution in [0, 0.1) is 5.41 Å². The summed E-state index contributed by atoms with van der Waals surface area (Å²) in [4.78, 5) is 22.6. The monoisotopic (exact) mass is 245 g/mol. The maximum Gasteiger partial charge on any atom is 0.348 e. The normalized spacial score (nSPS) is 14.5. The minimum atomic E-state index is -1.17. The van der Waals surface area contributed by atoms with Crippen molar-refractivity contribution in [2.45, 2.75) is 53.3 Å². The molecule has 0 rings (SSSR count). The van der Waals surface area contributed by atoms with Crippen molar-refractivity contribution in [1.82, 2.24) is 5.32 Å². The molecule has 0 saturated heterocycles. The van der Waals surface area contributed by atoms with Gasteiger partial charge in [-0.05, 0) is 20.8 Å². The third kappa shape index (κ3) is 7.07. The number of hydrogen-bond donors (Lipinski definition) is 2. The molecule has 0 aliphatic rings. The molecular formula is C12H23NO4. The molecule has 0 radical (unpaired) electrons. The van der Waals surface area contributed by atoms with Gasteiger partial charge < -0.3 is 9.84 Å². The van der Waals surface area contributed by atoms with Gasteiger partial charge in [-0.2, -0.15) is 0 Å². The van der Waals surface area contributed by atoms with Crippen molar-refractivity contribution in [3.63, 3.8) is 0 Å². The van der Waals surface area contributed by atoms with E-state index in [-0.39, 0.29) is 12.4 Å². The van der Waals surface area contributed by atoms with Gasteiger partial charge in [0.05, 0.1) is 0 Å². The van der Waals surface area contributed by atoms with E-state index in [4.69, 9.17) is 9.84 Å². The quantitative estimate of drug-likeness (QED) is 0.716. The van der Waals surface area contributed by atoms with Crippen LogP contribution < -0.4 is 5.32 Å². The Bertz CT molecular complexity index is 286. The Hall–Kier alpha value is -0.940. The Morgan fingerprint density at radius 2 is 1.65 bits per heavy atom. The first-order valence-electron chi connectivity index (χ1n) is 5.59. The smallest absolute Gasteiger partial charge is 0.348 e. The van der Waals surface area contributed by atoms with E-state index < -0.39 is 23.2 Å². The summed E-state index contributed by atoms with van der Waals surface area (Å²) in [7, 11) is 0. The van der Waals surface area contributed by atoms with E-state index in [1.807, 2.05) is 20.8 Å². The van der Waals surface area contributed by atoms with Crippen LogP contribution in [0.15, 0.2) is 0 Å². The third-order valence-electron chi connectivity index (χ3n) is 2.01. The zero-order chi connectivity index (χ0) is 13.9. The lowest BCUT2D eigenvalue weighted by Gasteiger charge is -2.26. The molecule has 100 valence electrons. The van der Waals surface area contributed by atoms with E-state index in [0.717, 1.165) is 0 Å². The molecule has 17 heavy (non-hydrogen) atoms. The third-order valence-corrected chi connectivity index (χ3v) is 2.01. The van der Waals surface area contributed by atoms with Gasteiger partial charge in [0.15, 0.2) is 5.78 Å². The van der Waals surface area contributed by atoms with Crippen LogP contribution >= 0.6 is 0 Å². The van der Waals surface area contributed by atoms with Gasteiger partial charge in [-0.1, -0.05) is 20.8 Å². The Kier molecular flexibility index (Phi) is 5.29. The Balaban J connectivity index is 4.40. The van der Waals surface area contributed by atoms with Crippen LogP contribution in [0.3, 0.4) is 0 Å². The van der Waals surface area contributed by atoms with Crippen LogP contribution in [0.4, 0.5) is 0 Å². The molecule has 0 aromatic rings. The highest BCUT2D eigenvalue weighted by atomic mass is 16.5. The van der Waals surface area contributed by atoms with E-state index in [2.05, 4.69) is 5.32 Å². The molecule has 0 aliphatic carbocycles. The zero-order valence-corrected chi connectivity index (χ0v) is 11.5. The van der Waals surface area contributed by atoms with Crippen molar-refractivity contribution in [3.05, 3.63) is 0 Å². The fraction of sp³-hybridized carbons (Fsp3) is 0.833. The summed E-state index contributed by atoms with van der Waals surface area (Å²) in [6, 6.07) is 0. The summed E-state index contributed by atoms with van der Waals surface area (Å²) in [5, 5.41) is 11.7. The predicted molar refractivity (Wildman–Crippen MR) is 64.7 cm³/mol. The molecule has 1 unspecified atom stereocenters. The van der Waals surface area contributed by atoms with Crippen LogP contribution in [0.25, 0.3) is 0 Å². The highest BCUT2D eigenvalue weighted by molar-refractivity contribution is 5.85. The van der Waals surface area contributed by atoms with Crippen molar-refractivity contribution in [1.29, 1.82) is 0 Å². The number of carboxylic acid groups (broad SMARTS) is 1. The molecule has 0 fully saturated rings. The molecule has 5 heteroatoms. The minimum Gasteiger partial charge on any atom is -0.478 e. The standard InChI is InChI=1S/C12H23NO4/c1-11(2,3)8(14)7-17-9(10(15)16)13-12(4,5)6/h9,13H,7H2,1-6H3,(H,15,16). The van der Waals surface area contributed by atoms with Crippen molar-refractivity contribution in [3.8, 4) is 0 Å². The number of carboxylic acids is 1. The topological polar surface area (TPSA) is 75.6 Å². The number of ether oxygens (including phenoxy) is 1. The van der Waals surface area contributed by atoms with Gasteiger partial charge >= 0.3 is 5.97 Å². The number of Topliss-reactive ketones (excluding diaryl/α,β-unsaturated/α-hetero) is 1. The first-order chi connectivity index (χ1) is 7.43. The molecule has 0 saturated carbocycles. The fourth-order valence-electron chi connectivity index (χ4n) is 0.944. The summed E-state index contributed by atoms with van der Waals surface area (Å²) >= 11 is 0. The Morgan fingerprint density at radius 3 is 1.94 bits per heavy atom. The number of aliphatic carboxylic acids is 1. The molecule has 0 aromatic heterocycles. The van der Waals surface area contributed by atoms with Crippen LogP contribution in [0.5, 0.6) is 0 Å². The van der Waals surface area contributed by atoms with Crippen molar-refractivity contribution in [2.24, 2.45) is 5.41 Å². The average Bonchev–Trinajstić information content (AvgIpc) is 2.07. The van der Waals surface area contributed by atoms with Crippen molar-refractivity contribution >= 4 is 11.8 Å². The van der Waals surface area contributed by atoms with Gasteiger partial charge in [-0.15, -0.1) is 0 Å². The molecule has 0 heterocycles. The molecule has 0 spiro atoms. The average molecular weight is 245 g/mol. The number of carbonyl (C=O) groups excluding carboxylic acids is 1. The van der Waals surface area contributed by atoms with E-state index >= 15 is 0 Å². The molecule has 1 atom stereocenters. The number of rotatable bonds is 5. The van der Waals surface area contributed by atoms with Crippen molar-refractivity contribution < 1.29 is 19.4 Å². The van der Waals surface area contributed by atoms with Gasteiger partial charge in [-0.3, -0.25) is 10.1 Å². The van der Waals surface area contributed by atoms with E-state index in [1.54, 1.807) is 20.8 Å². The Morgan fingerprint density at radius 1 is 1.18 bits per heavy atom. The van der Waals surface area contributed by atoms with Crippen LogP contribution in [0.2, 0.25) is 0 Å². The van der Waals surface area contributed by atoms with Gasteiger partial charge in [0.2, 0.25) is 6.23 Å². The van der Waals surface area contributed by atoms with Gasteiger partial charge in [0.1, 0.15) is 6.61 Å². The fourth-order valence-corrected chi connectivity index (χ4v) is 0.944. The minimum absolute atomic E-state index is 0.126. The summed E-state index contributed by atoms with van der Waals surface area (Å²) < 4.78 is 5.11. The summed E-state index contributed by atoms with van der Waals surface area (Å²) in [6.07, 6.45) is -1.17. The van der Waals surface area contributed by atoms with Gasteiger partial charge in [0.25, 0.3) is 0 Å². The molecule has 0 bridgehead atoms. The van der Waals surface area contributed by atoms with E-state index in [0.29, 0.717) is 0 Å². The number of hydrogen-bond acceptors (Lipinski definition) is 4. The van der Waals surface area contributed by atoms with Crippen LogP contribution in [-0.4, -0.2) is 35.2 Å². The molecular weight excluding hydrogens is 222 g/mol. The lowest BCUT2D eigenvalue weighted by Crippen LogP contribution is -2.50. The molecule has 5 nitrogen and oxygen atoms in total. The molecule has 0 aliphatic heterocycles. The first-order valence-corrected chi connectivity index (χ1v) is 5.59. The van der Waals surface area contributed by atoms with Crippen LogP contribution in [-0.2, 0) is 14.3 Å². The van der Waals surface area contributed by atoms with E-state index in [1.165, 1.54) is 0 Å². The van der Waals surface area contributed by atoms with Crippen LogP contribution in [0.1, 0.15) is 41.5 Å². The lowest BCUT2D eigenvalue weighted by atomic mass is 9.91.